The largest absolute Gasteiger partial charge is 0.327 e. The summed E-state index contributed by atoms with van der Waals surface area (Å²) in [5.74, 6) is 0. The van der Waals surface area contributed by atoms with Crippen LogP contribution >= 0.6 is 0 Å². The smallest absolute Gasteiger partial charge is 0.287 e. The molecule has 86 valence electrons. The van der Waals surface area contributed by atoms with Crippen molar-refractivity contribution < 1.29 is 13.0 Å². The molecule has 0 aliphatic rings. The maximum absolute atomic E-state index is 11.2. The Morgan fingerprint density at radius 2 is 2.00 bits per heavy atom. The molecule has 1 aromatic heterocycles. The molecule has 0 saturated heterocycles. The van der Waals surface area contributed by atoms with Crippen LogP contribution in [0.15, 0.2) is 36.5 Å². The average molecular weight is 240 g/mol. The second-order valence-electron chi connectivity index (χ2n) is 3.49. The Kier molecular flexibility index (Phi) is 2.71. The molecular formula is C10H12N2O3S. The summed E-state index contributed by atoms with van der Waals surface area (Å²) >= 11 is 0. The minimum atomic E-state index is -4.19. The minimum absolute atomic E-state index is 0.169. The number of aromatic nitrogens is 1. The Morgan fingerprint density at radius 1 is 1.31 bits per heavy atom. The third-order valence-corrected chi connectivity index (χ3v) is 3.59. The SMILES string of the molecule is NCC(n1ccc2ccccc21)S(=O)(=O)O. The highest BCUT2D eigenvalue weighted by Crippen LogP contribution is 2.22. The van der Waals surface area contributed by atoms with Crippen LogP contribution in [0.4, 0.5) is 0 Å². The van der Waals surface area contributed by atoms with Crippen molar-refractivity contribution in [3.8, 4) is 0 Å². The van der Waals surface area contributed by atoms with Crippen LogP contribution in [0.5, 0.6) is 0 Å². The highest BCUT2D eigenvalue weighted by atomic mass is 32.2. The van der Waals surface area contributed by atoms with Crippen molar-refractivity contribution in [1.82, 2.24) is 4.57 Å². The molecule has 1 heterocycles. The number of hydrogen-bond acceptors (Lipinski definition) is 3. The molecule has 0 saturated carbocycles. The fourth-order valence-electron chi connectivity index (χ4n) is 1.73. The first-order valence-corrected chi connectivity index (χ1v) is 6.26. The Bertz CT molecular complexity index is 603. The first-order chi connectivity index (χ1) is 7.54. The van der Waals surface area contributed by atoms with Crippen molar-refractivity contribution >= 4 is 21.0 Å². The molecule has 2 rings (SSSR count). The first-order valence-electron chi connectivity index (χ1n) is 4.76. The third kappa shape index (κ3) is 1.82. The van der Waals surface area contributed by atoms with Crippen LogP contribution in [0, 0.1) is 0 Å². The normalized spacial score (nSPS) is 14.1. The van der Waals surface area contributed by atoms with E-state index in [0.717, 1.165) is 10.9 Å². The van der Waals surface area contributed by atoms with Crippen LogP contribution in [0.3, 0.4) is 0 Å². The maximum atomic E-state index is 11.2. The van der Waals surface area contributed by atoms with E-state index in [0.29, 0.717) is 0 Å². The van der Waals surface area contributed by atoms with Gasteiger partial charge in [-0.05, 0) is 17.5 Å². The molecule has 0 bridgehead atoms. The van der Waals surface area contributed by atoms with Crippen molar-refractivity contribution in [2.45, 2.75) is 5.37 Å². The molecular weight excluding hydrogens is 228 g/mol. The Labute approximate surface area is 93.2 Å². The predicted molar refractivity (Wildman–Crippen MR) is 61.6 cm³/mol. The number of para-hydroxylation sites is 1. The number of nitrogens with zero attached hydrogens (tertiary/aromatic N) is 1. The summed E-state index contributed by atoms with van der Waals surface area (Å²) in [7, 11) is -4.19. The third-order valence-electron chi connectivity index (χ3n) is 2.49. The molecule has 5 nitrogen and oxygen atoms in total. The first kappa shape index (κ1) is 11.1. The van der Waals surface area contributed by atoms with Crippen LogP contribution in [-0.2, 0) is 10.1 Å². The van der Waals surface area contributed by atoms with Gasteiger partial charge in [-0.2, -0.15) is 8.42 Å². The molecule has 0 aliphatic carbocycles. The van der Waals surface area contributed by atoms with Crippen molar-refractivity contribution in [3.63, 3.8) is 0 Å². The molecule has 0 aliphatic heterocycles. The van der Waals surface area contributed by atoms with Gasteiger partial charge in [0.05, 0.1) is 0 Å². The molecule has 6 heteroatoms. The Hall–Kier alpha value is -1.37. The number of fused-ring (bicyclic) bond motifs is 1. The monoisotopic (exact) mass is 240 g/mol. The second-order valence-corrected chi connectivity index (χ2v) is 5.06. The lowest BCUT2D eigenvalue weighted by molar-refractivity contribution is 0.449. The topological polar surface area (TPSA) is 85.3 Å². The molecule has 3 N–H and O–H groups in total. The van der Waals surface area contributed by atoms with Gasteiger partial charge < -0.3 is 10.3 Å². The van der Waals surface area contributed by atoms with E-state index < -0.39 is 15.5 Å². The summed E-state index contributed by atoms with van der Waals surface area (Å²) in [5, 5.41) is -0.225. The zero-order valence-electron chi connectivity index (χ0n) is 8.45. The fraction of sp³-hybridized carbons (Fsp3) is 0.200. The molecule has 16 heavy (non-hydrogen) atoms. The van der Waals surface area contributed by atoms with Crippen LogP contribution in [0.25, 0.3) is 10.9 Å². The van der Waals surface area contributed by atoms with Gasteiger partial charge in [-0.1, -0.05) is 18.2 Å². The van der Waals surface area contributed by atoms with Crippen LogP contribution < -0.4 is 5.73 Å². The van der Waals surface area contributed by atoms with Gasteiger partial charge in [0.2, 0.25) is 0 Å². The van der Waals surface area contributed by atoms with E-state index >= 15 is 0 Å². The second kappa shape index (κ2) is 3.89. The lowest BCUT2D eigenvalue weighted by Gasteiger charge is -2.14. The average Bonchev–Trinajstić information content (AvgIpc) is 2.61. The summed E-state index contributed by atoms with van der Waals surface area (Å²) in [5.41, 5.74) is 6.11. The molecule has 0 radical (unpaired) electrons. The van der Waals surface area contributed by atoms with E-state index in [1.54, 1.807) is 24.4 Å². The van der Waals surface area contributed by atoms with E-state index in [4.69, 9.17) is 10.3 Å². The van der Waals surface area contributed by atoms with Crippen molar-refractivity contribution in [1.29, 1.82) is 0 Å². The number of benzene rings is 1. The van der Waals surface area contributed by atoms with E-state index in [2.05, 4.69) is 0 Å². The summed E-state index contributed by atoms with van der Waals surface area (Å²) < 4.78 is 32.9. The molecule has 1 unspecified atom stereocenters. The molecule has 0 amide bonds. The van der Waals surface area contributed by atoms with E-state index in [9.17, 15) is 8.42 Å². The maximum Gasteiger partial charge on any atom is 0.287 e. The molecule has 1 aromatic carbocycles. The van der Waals surface area contributed by atoms with Crippen molar-refractivity contribution in [3.05, 3.63) is 36.5 Å². The van der Waals surface area contributed by atoms with Crippen LogP contribution in [0.1, 0.15) is 5.37 Å². The standard InChI is InChI=1S/C10H12N2O3S/c11-7-10(16(13,14)15)12-6-5-8-3-1-2-4-9(8)12/h1-6,10H,7,11H2,(H,13,14,15). The van der Waals surface area contributed by atoms with Gasteiger partial charge >= 0.3 is 0 Å². The highest BCUT2D eigenvalue weighted by Gasteiger charge is 2.23. The van der Waals surface area contributed by atoms with E-state index in [1.165, 1.54) is 4.57 Å². The van der Waals surface area contributed by atoms with Gasteiger partial charge in [-0.15, -0.1) is 0 Å². The van der Waals surface area contributed by atoms with Gasteiger partial charge in [-0.25, -0.2) is 0 Å². The Morgan fingerprint density at radius 3 is 2.62 bits per heavy atom. The summed E-state index contributed by atoms with van der Waals surface area (Å²) in [4.78, 5) is 0. The van der Waals surface area contributed by atoms with E-state index in [1.807, 2.05) is 12.1 Å². The predicted octanol–water partition coefficient (Wildman–Crippen LogP) is 0.986. The molecule has 1 atom stereocenters. The molecule has 0 spiro atoms. The van der Waals surface area contributed by atoms with Gasteiger partial charge in [0.1, 0.15) is 0 Å². The summed E-state index contributed by atoms with van der Waals surface area (Å²) in [6, 6.07) is 9.09. The summed E-state index contributed by atoms with van der Waals surface area (Å²) in [6.45, 7) is -0.169. The lowest BCUT2D eigenvalue weighted by Crippen LogP contribution is -2.26. The van der Waals surface area contributed by atoms with Crippen LogP contribution in [-0.4, -0.2) is 24.1 Å². The quantitative estimate of drug-likeness (QED) is 0.783. The van der Waals surface area contributed by atoms with Gasteiger partial charge in [0, 0.05) is 18.3 Å². The van der Waals surface area contributed by atoms with Crippen LogP contribution in [0.2, 0.25) is 0 Å². The lowest BCUT2D eigenvalue weighted by atomic mass is 10.2. The fourth-order valence-corrected chi connectivity index (χ4v) is 2.45. The van der Waals surface area contributed by atoms with Crippen molar-refractivity contribution in [2.24, 2.45) is 5.73 Å². The number of hydrogen-bond donors (Lipinski definition) is 2. The zero-order chi connectivity index (χ0) is 11.8. The van der Waals surface area contributed by atoms with Gasteiger partial charge in [0.15, 0.2) is 5.37 Å². The summed E-state index contributed by atoms with van der Waals surface area (Å²) in [6.07, 6.45) is 1.61. The van der Waals surface area contributed by atoms with Crippen molar-refractivity contribution in [2.75, 3.05) is 6.54 Å². The minimum Gasteiger partial charge on any atom is -0.327 e. The molecule has 0 fully saturated rings. The molecule has 2 aromatic rings. The highest BCUT2D eigenvalue weighted by molar-refractivity contribution is 7.85. The zero-order valence-corrected chi connectivity index (χ0v) is 9.26. The van der Waals surface area contributed by atoms with Gasteiger partial charge in [0.25, 0.3) is 10.1 Å². The van der Waals surface area contributed by atoms with Gasteiger partial charge in [-0.3, -0.25) is 4.55 Å². The van der Waals surface area contributed by atoms with E-state index in [-0.39, 0.29) is 6.54 Å². The number of rotatable bonds is 3. The Balaban J connectivity index is 2.63. The number of nitrogens with two attached hydrogens (primary N) is 1.